The Kier molecular flexibility index (Phi) is 2.79. The van der Waals surface area contributed by atoms with E-state index in [2.05, 4.69) is 0 Å². The summed E-state index contributed by atoms with van der Waals surface area (Å²) in [6.45, 7) is 0.00743. The van der Waals surface area contributed by atoms with E-state index in [1.54, 1.807) is 0 Å². The van der Waals surface area contributed by atoms with E-state index in [-0.39, 0.29) is 6.67 Å². The summed E-state index contributed by atoms with van der Waals surface area (Å²) in [6.07, 6.45) is -5.82. The highest BCUT2D eigenvalue weighted by Gasteiger charge is 2.25. The van der Waals surface area contributed by atoms with Crippen molar-refractivity contribution in [2.24, 2.45) is 0 Å². The first kappa shape index (κ1) is 7.72. The first-order valence-electron chi connectivity index (χ1n) is 2.05. The van der Waals surface area contributed by atoms with Crippen LogP contribution in [0.25, 0.3) is 0 Å². The quantitative estimate of drug-likeness (QED) is 0.502. The van der Waals surface area contributed by atoms with Gasteiger partial charge in [0, 0.05) is 6.42 Å². The summed E-state index contributed by atoms with van der Waals surface area (Å²) in [7, 11) is 0. The van der Waals surface area contributed by atoms with E-state index in [4.69, 9.17) is 0 Å². The third-order valence-corrected chi connectivity index (χ3v) is 0.537. The van der Waals surface area contributed by atoms with Gasteiger partial charge in [-0.3, -0.25) is 0 Å². The Morgan fingerprint density at radius 1 is 1.25 bits per heavy atom. The van der Waals surface area contributed by atoms with Gasteiger partial charge < -0.3 is 0 Å². The van der Waals surface area contributed by atoms with Crippen LogP contribution in [-0.2, 0) is 0 Å². The molecule has 0 aliphatic rings. The van der Waals surface area contributed by atoms with E-state index in [1.165, 1.54) is 0 Å². The molecule has 0 aliphatic carbocycles. The summed E-state index contributed by atoms with van der Waals surface area (Å²) in [4.78, 5) is 0. The van der Waals surface area contributed by atoms with Crippen molar-refractivity contribution in [2.45, 2.75) is 19.0 Å². The Morgan fingerprint density at radius 3 is 1.88 bits per heavy atom. The maximum Gasteiger partial charge on any atom is 0.389 e. The summed E-state index contributed by atoms with van der Waals surface area (Å²) in [5.41, 5.74) is 0. The molecule has 1 radical (unpaired) electrons. The summed E-state index contributed by atoms with van der Waals surface area (Å²) in [5, 5.41) is 0. The van der Waals surface area contributed by atoms with Crippen molar-refractivity contribution < 1.29 is 17.6 Å². The number of hydrogen-bond donors (Lipinski definition) is 0. The minimum atomic E-state index is -4.22. The van der Waals surface area contributed by atoms with Crippen molar-refractivity contribution in [3.63, 3.8) is 0 Å². The molecule has 0 saturated heterocycles. The first-order valence-corrected chi connectivity index (χ1v) is 2.05. The molecule has 0 amide bonds. The topological polar surface area (TPSA) is 0 Å². The predicted octanol–water partition coefficient (Wildman–Crippen LogP) is 2.46. The van der Waals surface area contributed by atoms with Crippen molar-refractivity contribution in [2.75, 3.05) is 0 Å². The second-order valence-corrected chi connectivity index (χ2v) is 1.31. The van der Waals surface area contributed by atoms with E-state index in [0.29, 0.717) is 0 Å². The van der Waals surface area contributed by atoms with Crippen LogP contribution in [-0.4, -0.2) is 6.18 Å². The van der Waals surface area contributed by atoms with Gasteiger partial charge in [-0.05, 0) is 6.42 Å². The van der Waals surface area contributed by atoms with Crippen LogP contribution < -0.4 is 0 Å². The van der Waals surface area contributed by atoms with E-state index >= 15 is 0 Å². The second-order valence-electron chi connectivity index (χ2n) is 1.31. The van der Waals surface area contributed by atoms with Crippen molar-refractivity contribution in [1.82, 2.24) is 0 Å². The van der Waals surface area contributed by atoms with Crippen LogP contribution >= 0.6 is 0 Å². The maximum absolute atomic E-state index is 11.1. The fourth-order valence-corrected chi connectivity index (χ4v) is 0.218. The first-order chi connectivity index (χ1) is 3.56. The molecular formula is C4H5F4. The van der Waals surface area contributed by atoms with Gasteiger partial charge in [0.25, 0.3) is 0 Å². The number of halogens is 4. The Hall–Kier alpha value is -0.280. The highest BCUT2D eigenvalue weighted by atomic mass is 19.4. The Bertz CT molecular complexity index is 55.5. The van der Waals surface area contributed by atoms with Crippen LogP contribution in [0.1, 0.15) is 12.8 Å². The van der Waals surface area contributed by atoms with Gasteiger partial charge in [-0.25, -0.2) is 4.39 Å². The third kappa shape index (κ3) is 5.72. The van der Waals surface area contributed by atoms with Crippen LogP contribution in [0.4, 0.5) is 17.6 Å². The van der Waals surface area contributed by atoms with Crippen LogP contribution in [0.5, 0.6) is 0 Å². The zero-order chi connectivity index (χ0) is 6.62. The van der Waals surface area contributed by atoms with Crippen molar-refractivity contribution >= 4 is 0 Å². The van der Waals surface area contributed by atoms with Crippen LogP contribution in [0.15, 0.2) is 0 Å². The molecule has 0 aliphatic heterocycles. The highest BCUT2D eigenvalue weighted by Crippen LogP contribution is 2.21. The summed E-state index contributed by atoms with van der Waals surface area (Å²) in [5.74, 6) is 0. The van der Waals surface area contributed by atoms with Crippen molar-refractivity contribution in [3.05, 3.63) is 6.67 Å². The van der Waals surface area contributed by atoms with Gasteiger partial charge in [0.2, 0.25) is 0 Å². The molecule has 0 aromatic heterocycles. The Morgan fingerprint density at radius 2 is 1.75 bits per heavy atom. The van der Waals surface area contributed by atoms with Crippen molar-refractivity contribution in [3.8, 4) is 0 Å². The second kappa shape index (κ2) is 2.89. The molecule has 49 valence electrons. The zero-order valence-corrected chi connectivity index (χ0v) is 4.00. The molecule has 0 nitrogen and oxygen atoms in total. The average molecular weight is 129 g/mol. The van der Waals surface area contributed by atoms with Gasteiger partial charge in [0.15, 0.2) is 0 Å². The monoisotopic (exact) mass is 129 g/mol. The van der Waals surface area contributed by atoms with Gasteiger partial charge in [-0.15, -0.1) is 0 Å². The number of hydrogen-bond acceptors (Lipinski definition) is 0. The molecule has 0 unspecified atom stereocenters. The van der Waals surface area contributed by atoms with Gasteiger partial charge in [0.05, 0.1) is 0 Å². The summed E-state index contributed by atoms with van der Waals surface area (Å²) >= 11 is 0. The molecule has 0 N–H and O–H groups in total. The smallest absolute Gasteiger partial charge is 0.244 e. The normalized spacial score (nSPS) is 12.0. The van der Waals surface area contributed by atoms with Crippen LogP contribution in [0.2, 0.25) is 0 Å². The van der Waals surface area contributed by atoms with Crippen LogP contribution in [0, 0.1) is 6.67 Å². The van der Waals surface area contributed by atoms with Gasteiger partial charge in [-0.1, -0.05) is 0 Å². The Balaban J connectivity index is 3.11. The lowest BCUT2D eigenvalue weighted by Crippen LogP contribution is -2.05. The van der Waals surface area contributed by atoms with Crippen molar-refractivity contribution in [1.29, 1.82) is 0 Å². The molecule has 0 rings (SSSR count). The fourth-order valence-electron chi connectivity index (χ4n) is 0.218. The highest BCUT2D eigenvalue weighted by molar-refractivity contribution is 4.54. The molecule has 0 spiro atoms. The van der Waals surface area contributed by atoms with Gasteiger partial charge in [-0.2, -0.15) is 13.2 Å². The largest absolute Gasteiger partial charge is 0.389 e. The molecule has 0 aromatic carbocycles. The zero-order valence-electron chi connectivity index (χ0n) is 4.00. The molecule has 0 fully saturated rings. The minimum absolute atomic E-state index is 0.00743. The predicted molar refractivity (Wildman–Crippen MR) is 20.7 cm³/mol. The molecule has 4 heteroatoms. The standard InChI is InChI=1S/C4H5F4/c5-3-1-2-4(6,7)8/h3H,1-2H2. The van der Waals surface area contributed by atoms with Crippen LogP contribution in [0.3, 0.4) is 0 Å². The SMILES string of the molecule is F[CH]CCC(F)(F)F. The summed E-state index contributed by atoms with van der Waals surface area (Å²) in [6, 6.07) is 0. The molecule has 0 heterocycles. The summed E-state index contributed by atoms with van der Waals surface area (Å²) < 4.78 is 44.1. The molecular weight excluding hydrogens is 124 g/mol. The van der Waals surface area contributed by atoms with E-state index in [0.717, 1.165) is 0 Å². The number of alkyl halides is 3. The average Bonchev–Trinajstić information content (AvgIpc) is 1.59. The van der Waals surface area contributed by atoms with Gasteiger partial charge in [0.1, 0.15) is 6.67 Å². The number of rotatable bonds is 2. The lowest BCUT2D eigenvalue weighted by molar-refractivity contribution is -0.134. The lowest BCUT2D eigenvalue weighted by Gasteiger charge is -2.00. The molecule has 8 heavy (non-hydrogen) atoms. The molecule has 0 atom stereocenters. The Labute approximate surface area is 44.5 Å². The fraction of sp³-hybridized carbons (Fsp3) is 0.750. The molecule has 0 aromatic rings. The minimum Gasteiger partial charge on any atom is -0.244 e. The third-order valence-electron chi connectivity index (χ3n) is 0.537. The lowest BCUT2D eigenvalue weighted by atomic mass is 10.3. The van der Waals surface area contributed by atoms with E-state index < -0.39 is 19.0 Å². The van der Waals surface area contributed by atoms with E-state index in [9.17, 15) is 17.6 Å². The van der Waals surface area contributed by atoms with Gasteiger partial charge >= 0.3 is 6.18 Å². The maximum atomic E-state index is 11.1. The molecule has 0 bridgehead atoms. The molecule has 0 saturated carbocycles. The van der Waals surface area contributed by atoms with E-state index in [1.807, 2.05) is 0 Å².